The van der Waals surface area contributed by atoms with Crippen molar-refractivity contribution in [3.8, 4) is 0 Å². The monoisotopic (exact) mass is 331 g/mol. The molecule has 1 spiro atoms. The molecule has 2 atom stereocenters. The minimum absolute atomic E-state index is 0.0659. The normalized spacial score (nSPS) is 25.0. The number of nitrogens with zero attached hydrogens (tertiary/aromatic N) is 2. The van der Waals surface area contributed by atoms with E-state index in [1.165, 1.54) is 25.7 Å². The van der Waals surface area contributed by atoms with Crippen LogP contribution in [-0.4, -0.2) is 48.1 Å². The molecule has 24 heavy (non-hydrogen) atoms. The molecule has 2 saturated carbocycles. The highest BCUT2D eigenvalue weighted by molar-refractivity contribution is 5.78. The van der Waals surface area contributed by atoms with E-state index in [4.69, 9.17) is 4.74 Å². The van der Waals surface area contributed by atoms with Crippen molar-refractivity contribution in [3.63, 3.8) is 0 Å². The molecule has 3 rings (SSSR count). The highest BCUT2D eigenvalue weighted by Crippen LogP contribution is 2.56. The summed E-state index contributed by atoms with van der Waals surface area (Å²) in [5.74, 6) is 0.0659. The molecule has 0 aromatic carbocycles. The topological polar surface area (TPSA) is 54.5 Å². The van der Waals surface area contributed by atoms with Crippen LogP contribution in [0.25, 0.3) is 0 Å². The number of nitrogens with one attached hydrogen (secondary N) is 1. The number of ether oxygens (including phenoxy) is 1. The fraction of sp³-hybridized carbons (Fsp3) is 0.684. The zero-order valence-electron chi connectivity index (χ0n) is 14.8. The second-order valence-electron chi connectivity index (χ2n) is 7.15. The van der Waals surface area contributed by atoms with Gasteiger partial charge in [0, 0.05) is 24.3 Å². The number of rotatable bonds is 7. The van der Waals surface area contributed by atoms with Gasteiger partial charge in [0.15, 0.2) is 0 Å². The third-order valence-corrected chi connectivity index (χ3v) is 5.76. The Labute approximate surface area is 144 Å². The van der Waals surface area contributed by atoms with Gasteiger partial charge >= 0.3 is 0 Å². The lowest BCUT2D eigenvalue weighted by Gasteiger charge is -2.57. The van der Waals surface area contributed by atoms with E-state index in [1.807, 2.05) is 18.2 Å². The predicted molar refractivity (Wildman–Crippen MR) is 93.4 cm³/mol. The summed E-state index contributed by atoms with van der Waals surface area (Å²) < 4.78 is 5.97. The van der Waals surface area contributed by atoms with Gasteiger partial charge in [-0.2, -0.15) is 0 Å². The van der Waals surface area contributed by atoms with Crippen molar-refractivity contribution >= 4 is 5.91 Å². The highest BCUT2D eigenvalue weighted by Gasteiger charge is 2.57. The summed E-state index contributed by atoms with van der Waals surface area (Å²) in [4.78, 5) is 18.7. The molecule has 1 amide bonds. The molecule has 1 heterocycles. The van der Waals surface area contributed by atoms with Crippen LogP contribution in [0.5, 0.6) is 0 Å². The molecule has 0 radical (unpaired) electrons. The van der Waals surface area contributed by atoms with Gasteiger partial charge in [0.2, 0.25) is 5.91 Å². The second-order valence-corrected chi connectivity index (χ2v) is 7.15. The quantitative estimate of drug-likeness (QED) is 0.833. The van der Waals surface area contributed by atoms with E-state index in [0.29, 0.717) is 25.2 Å². The maximum absolute atomic E-state index is 12.3. The molecule has 0 aliphatic heterocycles. The SMILES string of the molecule is CCO[C@@H]1C[C@@H](N(C)CC(=O)NCc2ccccn2)C12CCCC2. The Morgan fingerprint density at radius 3 is 2.88 bits per heavy atom. The van der Waals surface area contributed by atoms with Gasteiger partial charge in [0.05, 0.1) is 24.9 Å². The zero-order chi connectivity index (χ0) is 17.0. The van der Waals surface area contributed by atoms with Crippen molar-refractivity contribution in [3.05, 3.63) is 30.1 Å². The Morgan fingerprint density at radius 1 is 1.42 bits per heavy atom. The number of likely N-dealkylation sites (N-methyl/N-ethyl adjacent to an activating group) is 1. The Balaban J connectivity index is 1.51. The standard InChI is InChI=1S/C19H29N3O2/c1-3-24-17-12-16(19(17)9-5-6-10-19)22(2)14-18(23)21-13-15-8-4-7-11-20-15/h4,7-8,11,16-17H,3,5-6,9-10,12-14H2,1-2H3,(H,21,23)/t16-,17-/m1/s1. The molecule has 1 aromatic heterocycles. The summed E-state index contributed by atoms with van der Waals surface area (Å²) in [7, 11) is 2.08. The van der Waals surface area contributed by atoms with Crippen LogP contribution in [-0.2, 0) is 16.1 Å². The first kappa shape index (κ1) is 17.4. The Bertz CT molecular complexity index is 543. The van der Waals surface area contributed by atoms with E-state index in [9.17, 15) is 4.79 Å². The lowest BCUT2D eigenvalue weighted by Crippen LogP contribution is -2.63. The molecule has 132 valence electrons. The van der Waals surface area contributed by atoms with Crippen LogP contribution in [0.1, 0.15) is 44.7 Å². The van der Waals surface area contributed by atoms with Crippen molar-refractivity contribution in [2.24, 2.45) is 5.41 Å². The van der Waals surface area contributed by atoms with E-state index in [0.717, 1.165) is 18.7 Å². The predicted octanol–water partition coefficient (Wildman–Crippen LogP) is 2.37. The first-order chi connectivity index (χ1) is 11.7. The highest BCUT2D eigenvalue weighted by atomic mass is 16.5. The maximum Gasteiger partial charge on any atom is 0.234 e. The fourth-order valence-electron chi connectivity index (χ4n) is 4.55. The van der Waals surface area contributed by atoms with Crippen molar-refractivity contribution in [1.82, 2.24) is 15.2 Å². The third-order valence-electron chi connectivity index (χ3n) is 5.76. The van der Waals surface area contributed by atoms with Gasteiger partial charge < -0.3 is 10.1 Å². The van der Waals surface area contributed by atoms with E-state index in [2.05, 4.69) is 29.2 Å². The van der Waals surface area contributed by atoms with Gasteiger partial charge in [0.25, 0.3) is 0 Å². The summed E-state index contributed by atoms with van der Waals surface area (Å²) in [6.45, 7) is 3.79. The lowest BCUT2D eigenvalue weighted by atomic mass is 9.60. The van der Waals surface area contributed by atoms with Gasteiger partial charge in [-0.1, -0.05) is 18.9 Å². The number of pyridine rings is 1. The summed E-state index contributed by atoms with van der Waals surface area (Å²) in [6, 6.07) is 6.21. The van der Waals surface area contributed by atoms with Crippen molar-refractivity contribution < 1.29 is 9.53 Å². The number of carbonyl (C=O) groups is 1. The van der Waals surface area contributed by atoms with Gasteiger partial charge in [-0.25, -0.2) is 0 Å². The van der Waals surface area contributed by atoms with Gasteiger partial charge in [-0.05, 0) is 45.4 Å². The number of hydrogen-bond donors (Lipinski definition) is 1. The van der Waals surface area contributed by atoms with E-state index in [-0.39, 0.29) is 11.3 Å². The molecule has 2 fully saturated rings. The van der Waals surface area contributed by atoms with Crippen LogP contribution in [0.4, 0.5) is 0 Å². The van der Waals surface area contributed by atoms with Crippen molar-refractivity contribution in [2.75, 3.05) is 20.2 Å². The Morgan fingerprint density at radius 2 is 2.21 bits per heavy atom. The first-order valence-corrected chi connectivity index (χ1v) is 9.14. The summed E-state index contributed by atoms with van der Waals surface area (Å²) in [5.41, 5.74) is 1.17. The van der Waals surface area contributed by atoms with E-state index in [1.54, 1.807) is 6.20 Å². The minimum Gasteiger partial charge on any atom is -0.378 e. The van der Waals surface area contributed by atoms with Crippen LogP contribution in [0, 0.1) is 5.41 Å². The third kappa shape index (κ3) is 3.47. The largest absolute Gasteiger partial charge is 0.378 e. The number of amides is 1. The molecule has 0 unspecified atom stereocenters. The molecule has 1 aromatic rings. The molecule has 5 nitrogen and oxygen atoms in total. The Hall–Kier alpha value is -1.46. The summed E-state index contributed by atoms with van der Waals surface area (Å²) in [6.07, 6.45) is 8.25. The van der Waals surface area contributed by atoms with Crippen LogP contribution >= 0.6 is 0 Å². The minimum atomic E-state index is 0.0659. The van der Waals surface area contributed by atoms with Gasteiger partial charge in [0.1, 0.15) is 0 Å². The van der Waals surface area contributed by atoms with Gasteiger partial charge in [-0.15, -0.1) is 0 Å². The molecule has 5 heteroatoms. The lowest BCUT2D eigenvalue weighted by molar-refractivity contribution is -0.163. The second kappa shape index (κ2) is 7.62. The molecule has 1 N–H and O–H groups in total. The van der Waals surface area contributed by atoms with E-state index < -0.39 is 0 Å². The molecular weight excluding hydrogens is 302 g/mol. The number of aromatic nitrogens is 1. The molecule has 0 saturated heterocycles. The summed E-state index contributed by atoms with van der Waals surface area (Å²) >= 11 is 0. The van der Waals surface area contributed by atoms with Crippen molar-refractivity contribution in [2.45, 2.75) is 57.7 Å². The zero-order valence-corrected chi connectivity index (χ0v) is 14.8. The molecular formula is C19H29N3O2. The van der Waals surface area contributed by atoms with Crippen LogP contribution < -0.4 is 5.32 Å². The number of hydrogen-bond acceptors (Lipinski definition) is 4. The smallest absolute Gasteiger partial charge is 0.234 e. The average molecular weight is 331 g/mol. The summed E-state index contributed by atoms with van der Waals surface area (Å²) in [5, 5.41) is 2.97. The molecule has 2 aliphatic rings. The fourth-order valence-corrected chi connectivity index (χ4v) is 4.55. The molecule has 2 aliphatic carbocycles. The van der Waals surface area contributed by atoms with E-state index >= 15 is 0 Å². The maximum atomic E-state index is 12.3. The van der Waals surface area contributed by atoms with Crippen LogP contribution in [0.2, 0.25) is 0 Å². The first-order valence-electron chi connectivity index (χ1n) is 9.14. The van der Waals surface area contributed by atoms with Crippen LogP contribution in [0.15, 0.2) is 24.4 Å². The average Bonchev–Trinajstić information content (AvgIpc) is 3.10. The van der Waals surface area contributed by atoms with Crippen LogP contribution in [0.3, 0.4) is 0 Å². The van der Waals surface area contributed by atoms with Gasteiger partial charge in [-0.3, -0.25) is 14.7 Å². The Kier molecular flexibility index (Phi) is 5.51. The molecule has 0 bridgehead atoms. The number of carbonyl (C=O) groups excluding carboxylic acids is 1. The van der Waals surface area contributed by atoms with Crippen molar-refractivity contribution in [1.29, 1.82) is 0 Å².